The van der Waals surface area contributed by atoms with Gasteiger partial charge in [-0.25, -0.2) is 0 Å². The highest BCUT2D eigenvalue weighted by Gasteiger charge is 2.31. The van der Waals surface area contributed by atoms with Crippen molar-refractivity contribution in [1.82, 2.24) is 0 Å². The van der Waals surface area contributed by atoms with Crippen molar-refractivity contribution in [3.05, 3.63) is 59.7 Å². The van der Waals surface area contributed by atoms with Gasteiger partial charge >= 0.3 is 0 Å². The maximum atomic E-state index is 12.0. The number of primary amides is 1. The molecule has 0 saturated carbocycles. The van der Waals surface area contributed by atoms with Crippen molar-refractivity contribution in [2.75, 3.05) is 10.2 Å². The van der Waals surface area contributed by atoms with Crippen LogP contribution in [0.4, 0.5) is 11.4 Å². The third kappa shape index (κ3) is 2.97. The number of benzene rings is 2. The minimum Gasteiger partial charge on any atom is -0.378 e. The van der Waals surface area contributed by atoms with Crippen molar-refractivity contribution in [3.8, 4) is 0 Å². The molecule has 0 fully saturated rings. The van der Waals surface area contributed by atoms with E-state index in [0.717, 1.165) is 23.4 Å². The summed E-state index contributed by atoms with van der Waals surface area (Å²) in [7, 11) is 0. The van der Waals surface area contributed by atoms with Crippen molar-refractivity contribution >= 4 is 23.2 Å². The van der Waals surface area contributed by atoms with E-state index in [0.29, 0.717) is 5.56 Å². The molecule has 1 aliphatic heterocycles. The summed E-state index contributed by atoms with van der Waals surface area (Å²) in [5, 5.41) is 3.50. The van der Waals surface area contributed by atoms with Gasteiger partial charge in [-0.2, -0.15) is 0 Å². The normalized spacial score (nSPS) is 19.5. The second-order valence-corrected chi connectivity index (χ2v) is 6.17. The standard InChI is InChI=1S/C19H21N3O2/c1-12-11-17(21-15-9-7-14(8-10-15)19(20)24)16-5-3-4-6-18(16)22(12)13(2)23/h3-10,12,17,21H,11H2,1-2H3,(H2,20,24). The van der Waals surface area contributed by atoms with Crippen LogP contribution in [0, 0.1) is 0 Å². The predicted octanol–water partition coefficient (Wildman–Crippen LogP) is 3.08. The van der Waals surface area contributed by atoms with Gasteiger partial charge in [0.05, 0.1) is 6.04 Å². The predicted molar refractivity (Wildman–Crippen MR) is 95.0 cm³/mol. The monoisotopic (exact) mass is 323 g/mol. The molecule has 2 aromatic carbocycles. The summed E-state index contributed by atoms with van der Waals surface area (Å²) in [5.74, 6) is -0.380. The zero-order valence-electron chi connectivity index (χ0n) is 13.8. The van der Waals surface area contributed by atoms with Crippen molar-refractivity contribution in [2.24, 2.45) is 5.73 Å². The van der Waals surface area contributed by atoms with Crippen molar-refractivity contribution < 1.29 is 9.59 Å². The minimum absolute atomic E-state index is 0.0548. The van der Waals surface area contributed by atoms with Crippen LogP contribution in [0.1, 0.15) is 42.2 Å². The zero-order chi connectivity index (χ0) is 17.3. The number of nitrogens with two attached hydrogens (primary N) is 1. The number of hydrogen-bond donors (Lipinski definition) is 2. The zero-order valence-corrected chi connectivity index (χ0v) is 13.8. The number of fused-ring (bicyclic) bond motifs is 1. The summed E-state index contributed by atoms with van der Waals surface area (Å²) in [6, 6.07) is 15.3. The molecule has 3 N–H and O–H groups in total. The lowest BCUT2D eigenvalue weighted by Gasteiger charge is -2.39. The van der Waals surface area contributed by atoms with Crippen molar-refractivity contribution in [1.29, 1.82) is 0 Å². The molecule has 0 saturated heterocycles. The summed E-state index contributed by atoms with van der Waals surface area (Å²) < 4.78 is 0. The fraction of sp³-hybridized carbons (Fsp3) is 0.263. The van der Waals surface area contributed by atoms with Crippen LogP contribution in [0.2, 0.25) is 0 Å². The van der Waals surface area contributed by atoms with Crippen LogP contribution in [-0.4, -0.2) is 17.9 Å². The topological polar surface area (TPSA) is 75.4 Å². The number of carbonyl (C=O) groups excluding carboxylic acids is 2. The Morgan fingerprint density at radius 1 is 1.12 bits per heavy atom. The van der Waals surface area contributed by atoms with Gasteiger partial charge in [0.15, 0.2) is 0 Å². The number of hydrogen-bond acceptors (Lipinski definition) is 3. The van der Waals surface area contributed by atoms with Gasteiger partial charge in [0.1, 0.15) is 0 Å². The molecule has 2 aromatic rings. The van der Waals surface area contributed by atoms with E-state index in [1.807, 2.05) is 41.3 Å². The van der Waals surface area contributed by atoms with Crippen molar-refractivity contribution in [3.63, 3.8) is 0 Å². The highest BCUT2D eigenvalue weighted by atomic mass is 16.2. The molecule has 124 valence electrons. The quantitative estimate of drug-likeness (QED) is 0.911. The Balaban J connectivity index is 1.90. The summed E-state index contributed by atoms with van der Waals surface area (Å²) >= 11 is 0. The van der Waals surface area contributed by atoms with E-state index in [2.05, 4.69) is 12.2 Å². The Bertz CT molecular complexity index is 770. The summed E-state index contributed by atoms with van der Waals surface area (Å²) in [6.45, 7) is 3.66. The van der Waals surface area contributed by atoms with E-state index >= 15 is 0 Å². The average Bonchev–Trinajstić information content (AvgIpc) is 2.55. The lowest BCUT2D eigenvalue weighted by atomic mass is 9.91. The third-order valence-electron chi connectivity index (χ3n) is 4.44. The number of nitrogens with zero attached hydrogens (tertiary/aromatic N) is 1. The first-order valence-corrected chi connectivity index (χ1v) is 8.02. The number of carbonyl (C=O) groups is 2. The summed E-state index contributed by atoms with van der Waals surface area (Å²) in [5.41, 5.74) is 8.74. The summed E-state index contributed by atoms with van der Waals surface area (Å²) in [4.78, 5) is 25.0. The molecule has 24 heavy (non-hydrogen) atoms. The smallest absolute Gasteiger partial charge is 0.248 e. The molecular weight excluding hydrogens is 302 g/mol. The van der Waals surface area contributed by atoms with Gasteiger partial charge in [-0.15, -0.1) is 0 Å². The number of anilines is 2. The van der Waals surface area contributed by atoms with E-state index in [1.165, 1.54) is 0 Å². The number of amides is 2. The van der Waals surface area contributed by atoms with Crippen LogP contribution in [0.5, 0.6) is 0 Å². The van der Waals surface area contributed by atoms with Crippen molar-refractivity contribution in [2.45, 2.75) is 32.4 Å². The lowest BCUT2D eigenvalue weighted by Crippen LogP contribution is -2.43. The van der Waals surface area contributed by atoms with E-state index in [4.69, 9.17) is 5.73 Å². The first-order chi connectivity index (χ1) is 11.5. The third-order valence-corrected chi connectivity index (χ3v) is 4.44. The van der Waals surface area contributed by atoms with Gasteiger partial charge < -0.3 is 16.0 Å². The lowest BCUT2D eigenvalue weighted by molar-refractivity contribution is -0.117. The number of rotatable bonds is 3. The molecule has 2 amide bonds. The molecule has 0 radical (unpaired) electrons. The largest absolute Gasteiger partial charge is 0.378 e. The van der Waals surface area contributed by atoms with Crippen LogP contribution in [0.3, 0.4) is 0 Å². The molecular formula is C19H21N3O2. The maximum Gasteiger partial charge on any atom is 0.248 e. The molecule has 3 rings (SSSR count). The van der Waals surface area contributed by atoms with Gasteiger partial charge in [0, 0.05) is 29.9 Å². The van der Waals surface area contributed by atoms with Crippen LogP contribution >= 0.6 is 0 Å². The highest BCUT2D eigenvalue weighted by Crippen LogP contribution is 2.38. The molecule has 0 spiro atoms. The van der Waals surface area contributed by atoms with Gasteiger partial charge in [-0.3, -0.25) is 9.59 Å². The van der Waals surface area contributed by atoms with Crippen LogP contribution in [-0.2, 0) is 4.79 Å². The fourth-order valence-corrected chi connectivity index (χ4v) is 3.36. The first kappa shape index (κ1) is 16.1. The fourth-order valence-electron chi connectivity index (χ4n) is 3.36. The summed E-state index contributed by atoms with van der Waals surface area (Å²) in [6.07, 6.45) is 0.814. The second kappa shape index (κ2) is 6.35. The van der Waals surface area contributed by atoms with E-state index in [1.54, 1.807) is 19.1 Å². The van der Waals surface area contributed by atoms with Crippen LogP contribution in [0.25, 0.3) is 0 Å². The molecule has 0 aromatic heterocycles. The maximum absolute atomic E-state index is 12.0. The Morgan fingerprint density at radius 2 is 1.79 bits per heavy atom. The average molecular weight is 323 g/mol. The molecule has 2 atom stereocenters. The Morgan fingerprint density at radius 3 is 2.42 bits per heavy atom. The Labute approximate surface area is 141 Å². The van der Waals surface area contributed by atoms with Gasteiger partial charge in [-0.1, -0.05) is 18.2 Å². The number of nitrogens with one attached hydrogen (secondary N) is 1. The molecule has 5 heteroatoms. The van der Waals surface area contributed by atoms with Gasteiger partial charge in [0.25, 0.3) is 0 Å². The van der Waals surface area contributed by atoms with Gasteiger partial charge in [0.2, 0.25) is 11.8 Å². The molecule has 0 aliphatic carbocycles. The Hall–Kier alpha value is -2.82. The van der Waals surface area contributed by atoms with E-state index in [-0.39, 0.29) is 18.0 Å². The SMILES string of the molecule is CC(=O)N1c2ccccc2C(Nc2ccc(C(N)=O)cc2)CC1C. The van der Waals surface area contributed by atoms with Crippen LogP contribution < -0.4 is 16.0 Å². The van der Waals surface area contributed by atoms with Crippen LogP contribution in [0.15, 0.2) is 48.5 Å². The molecule has 5 nitrogen and oxygen atoms in total. The second-order valence-electron chi connectivity index (χ2n) is 6.17. The van der Waals surface area contributed by atoms with E-state index in [9.17, 15) is 9.59 Å². The first-order valence-electron chi connectivity index (χ1n) is 8.02. The Kier molecular flexibility index (Phi) is 4.25. The minimum atomic E-state index is -0.435. The molecule has 1 aliphatic rings. The van der Waals surface area contributed by atoms with E-state index < -0.39 is 5.91 Å². The number of para-hydroxylation sites is 1. The molecule has 0 bridgehead atoms. The molecule has 2 unspecified atom stereocenters. The van der Waals surface area contributed by atoms with Gasteiger partial charge in [-0.05, 0) is 49.2 Å². The highest BCUT2D eigenvalue weighted by molar-refractivity contribution is 5.94. The molecule has 1 heterocycles.